The summed E-state index contributed by atoms with van der Waals surface area (Å²) in [5.74, 6) is -0.134. The van der Waals surface area contributed by atoms with E-state index in [9.17, 15) is 9.59 Å². The van der Waals surface area contributed by atoms with Gasteiger partial charge in [-0.25, -0.2) is 4.79 Å². The van der Waals surface area contributed by atoms with Crippen molar-refractivity contribution in [3.63, 3.8) is 0 Å². The van der Waals surface area contributed by atoms with Gasteiger partial charge in [-0.2, -0.15) is 0 Å². The lowest BCUT2D eigenvalue weighted by atomic mass is 10.2. The molecule has 1 N–H and O–H groups in total. The van der Waals surface area contributed by atoms with Gasteiger partial charge in [0.15, 0.2) is 0 Å². The molecule has 0 aliphatic carbocycles. The van der Waals surface area contributed by atoms with Crippen LogP contribution < -0.4 is 5.32 Å². The fourth-order valence-electron chi connectivity index (χ4n) is 2.16. The van der Waals surface area contributed by atoms with Gasteiger partial charge in [-0.15, -0.1) is 0 Å². The van der Waals surface area contributed by atoms with Gasteiger partial charge in [0.05, 0.1) is 6.54 Å². The van der Waals surface area contributed by atoms with Crippen molar-refractivity contribution in [1.29, 1.82) is 0 Å². The lowest BCUT2D eigenvalue weighted by molar-refractivity contribution is -0.125. The minimum absolute atomic E-state index is 0.133. The molecule has 0 atom stereocenters. The lowest BCUT2D eigenvalue weighted by Gasteiger charge is -2.18. The van der Waals surface area contributed by atoms with Gasteiger partial charge in [0.2, 0.25) is 5.91 Å². The number of halogens is 1. The van der Waals surface area contributed by atoms with Crippen molar-refractivity contribution in [2.75, 3.05) is 26.7 Å². The maximum absolute atomic E-state index is 11.4. The summed E-state index contributed by atoms with van der Waals surface area (Å²) in [5.41, 5.74) is 1.24. The molecule has 0 bridgehead atoms. The normalized spacial score (nSPS) is 15.1. The number of benzene rings is 1. The van der Waals surface area contributed by atoms with Gasteiger partial charge < -0.3 is 10.2 Å². The first-order chi connectivity index (χ1) is 9.56. The van der Waals surface area contributed by atoms with E-state index in [0.717, 1.165) is 24.0 Å². The first-order valence-electron chi connectivity index (χ1n) is 6.57. The lowest BCUT2D eigenvalue weighted by Crippen LogP contribution is -2.33. The van der Waals surface area contributed by atoms with Crippen molar-refractivity contribution in [1.82, 2.24) is 15.1 Å². The molecule has 0 saturated carbocycles. The number of urea groups is 1. The summed E-state index contributed by atoms with van der Waals surface area (Å²) in [4.78, 5) is 26.2. The van der Waals surface area contributed by atoms with E-state index in [1.807, 2.05) is 19.2 Å². The van der Waals surface area contributed by atoms with Crippen molar-refractivity contribution in [2.45, 2.75) is 13.0 Å². The highest BCUT2D eigenvalue weighted by Gasteiger charge is 2.27. The zero-order valence-corrected chi connectivity index (χ0v) is 13.0. The van der Waals surface area contributed by atoms with E-state index in [4.69, 9.17) is 0 Å². The van der Waals surface area contributed by atoms with Crippen molar-refractivity contribution in [3.8, 4) is 0 Å². The highest BCUT2D eigenvalue weighted by Crippen LogP contribution is 2.12. The molecule has 6 heteroatoms. The number of carbonyl (C=O) groups excluding carboxylic acids is 2. The average molecular weight is 340 g/mol. The quantitative estimate of drug-likeness (QED) is 0.804. The van der Waals surface area contributed by atoms with E-state index in [2.05, 4.69) is 38.3 Å². The zero-order chi connectivity index (χ0) is 14.5. The van der Waals surface area contributed by atoms with Crippen LogP contribution in [-0.2, 0) is 11.3 Å². The van der Waals surface area contributed by atoms with Crippen LogP contribution in [0.5, 0.6) is 0 Å². The number of nitrogens with zero attached hydrogens (tertiary/aromatic N) is 2. The van der Waals surface area contributed by atoms with Crippen LogP contribution in [0.25, 0.3) is 0 Å². The highest BCUT2D eigenvalue weighted by atomic mass is 79.9. The van der Waals surface area contributed by atoms with E-state index in [1.165, 1.54) is 10.5 Å². The number of carbonyl (C=O) groups is 2. The van der Waals surface area contributed by atoms with E-state index in [-0.39, 0.29) is 18.5 Å². The van der Waals surface area contributed by atoms with E-state index in [0.29, 0.717) is 6.54 Å². The molecule has 1 aromatic rings. The monoisotopic (exact) mass is 339 g/mol. The van der Waals surface area contributed by atoms with Gasteiger partial charge in [-0.1, -0.05) is 28.1 Å². The van der Waals surface area contributed by atoms with Crippen molar-refractivity contribution in [3.05, 3.63) is 34.3 Å². The number of hydrogen-bond acceptors (Lipinski definition) is 3. The Kier molecular flexibility index (Phi) is 5.14. The number of nitrogens with one attached hydrogen (secondary N) is 1. The predicted octanol–water partition coefficient (Wildman–Crippen LogP) is 1.82. The Morgan fingerprint density at radius 3 is 2.60 bits per heavy atom. The van der Waals surface area contributed by atoms with Crippen molar-refractivity contribution in [2.24, 2.45) is 0 Å². The van der Waals surface area contributed by atoms with Gasteiger partial charge in [0.1, 0.15) is 0 Å². The molecule has 108 valence electrons. The predicted molar refractivity (Wildman–Crippen MR) is 80.2 cm³/mol. The number of hydrogen-bond donors (Lipinski definition) is 1. The number of amides is 3. The molecule has 0 aromatic heterocycles. The summed E-state index contributed by atoms with van der Waals surface area (Å²) in [6, 6.07) is 7.94. The summed E-state index contributed by atoms with van der Waals surface area (Å²) in [6.07, 6.45) is 0.784. The largest absolute Gasteiger partial charge is 0.329 e. The van der Waals surface area contributed by atoms with Crippen molar-refractivity contribution >= 4 is 27.9 Å². The second kappa shape index (κ2) is 6.85. The first kappa shape index (κ1) is 15.0. The van der Waals surface area contributed by atoms with Crippen LogP contribution in [0.3, 0.4) is 0 Å². The Morgan fingerprint density at radius 1 is 1.30 bits per heavy atom. The van der Waals surface area contributed by atoms with Crippen molar-refractivity contribution < 1.29 is 9.59 Å². The SMILES string of the molecule is CN(CCCN1C(=O)CNC1=O)Cc1ccc(Br)cc1. The number of rotatable bonds is 6. The summed E-state index contributed by atoms with van der Waals surface area (Å²) in [6.45, 7) is 2.31. The fraction of sp³-hybridized carbons (Fsp3) is 0.429. The third-order valence-corrected chi connectivity index (χ3v) is 3.75. The molecule has 1 aromatic carbocycles. The molecule has 2 rings (SSSR count). The van der Waals surface area contributed by atoms with Crippen LogP contribution in [0.1, 0.15) is 12.0 Å². The molecule has 5 nitrogen and oxygen atoms in total. The Hall–Kier alpha value is -1.40. The van der Waals surface area contributed by atoms with Gasteiger partial charge in [0.25, 0.3) is 0 Å². The van der Waals surface area contributed by atoms with E-state index in [1.54, 1.807) is 0 Å². The minimum Gasteiger partial charge on any atom is -0.329 e. The molecule has 1 aliphatic rings. The smallest absolute Gasteiger partial charge is 0.324 e. The topological polar surface area (TPSA) is 52.6 Å². The van der Waals surface area contributed by atoms with Gasteiger partial charge in [0, 0.05) is 17.6 Å². The summed E-state index contributed by atoms with van der Waals surface area (Å²) in [5, 5.41) is 2.52. The van der Waals surface area contributed by atoms with E-state index >= 15 is 0 Å². The number of imide groups is 1. The summed E-state index contributed by atoms with van der Waals surface area (Å²) >= 11 is 3.41. The highest BCUT2D eigenvalue weighted by molar-refractivity contribution is 9.10. The van der Waals surface area contributed by atoms with Crippen LogP contribution in [0.15, 0.2) is 28.7 Å². The molecule has 1 fully saturated rings. The second-order valence-corrected chi connectivity index (χ2v) is 5.84. The van der Waals surface area contributed by atoms with Gasteiger partial charge in [-0.3, -0.25) is 9.69 Å². The van der Waals surface area contributed by atoms with Crippen LogP contribution in [0, 0.1) is 0 Å². The Morgan fingerprint density at radius 2 is 2.00 bits per heavy atom. The average Bonchev–Trinajstić information content (AvgIpc) is 2.73. The molecular formula is C14H18BrN3O2. The van der Waals surface area contributed by atoms with Crippen LogP contribution in [-0.4, -0.2) is 48.4 Å². The van der Waals surface area contributed by atoms with Crippen LogP contribution in [0.4, 0.5) is 4.79 Å². The van der Waals surface area contributed by atoms with E-state index < -0.39 is 0 Å². The van der Waals surface area contributed by atoms with Crippen LogP contribution in [0.2, 0.25) is 0 Å². The fourth-order valence-corrected chi connectivity index (χ4v) is 2.43. The molecule has 20 heavy (non-hydrogen) atoms. The van der Waals surface area contributed by atoms with Gasteiger partial charge >= 0.3 is 6.03 Å². The molecule has 0 unspecified atom stereocenters. The molecular weight excluding hydrogens is 322 g/mol. The first-order valence-corrected chi connectivity index (χ1v) is 7.37. The maximum atomic E-state index is 11.4. The maximum Gasteiger partial charge on any atom is 0.324 e. The third kappa shape index (κ3) is 4.05. The molecule has 3 amide bonds. The Balaban J connectivity index is 1.72. The molecule has 0 radical (unpaired) electrons. The Bertz CT molecular complexity index is 474. The summed E-state index contributed by atoms with van der Waals surface area (Å²) in [7, 11) is 2.04. The van der Waals surface area contributed by atoms with Gasteiger partial charge in [-0.05, 0) is 37.7 Å². The van der Waals surface area contributed by atoms with Crippen LogP contribution >= 0.6 is 15.9 Å². The second-order valence-electron chi connectivity index (χ2n) is 4.92. The molecule has 1 saturated heterocycles. The standard InChI is InChI=1S/C14H18BrN3O2/c1-17(10-11-3-5-12(15)6-4-11)7-2-8-18-13(19)9-16-14(18)20/h3-6H,2,7-10H2,1H3,(H,16,20). The minimum atomic E-state index is -0.273. The zero-order valence-electron chi connectivity index (χ0n) is 11.4. The molecule has 0 spiro atoms. The summed E-state index contributed by atoms with van der Waals surface area (Å²) < 4.78 is 1.07. The molecule has 1 aliphatic heterocycles. The molecule has 1 heterocycles. The third-order valence-electron chi connectivity index (χ3n) is 3.22. The Labute approximate surface area is 127 Å².